The van der Waals surface area contributed by atoms with Gasteiger partial charge in [-0.15, -0.1) is 0 Å². The quantitative estimate of drug-likeness (QED) is 0.492. The van der Waals surface area contributed by atoms with Crippen LogP contribution in [0.25, 0.3) is 0 Å². The third-order valence-corrected chi connectivity index (χ3v) is 3.16. The van der Waals surface area contributed by atoms with E-state index in [9.17, 15) is 10.1 Å². The summed E-state index contributed by atoms with van der Waals surface area (Å²) in [7, 11) is 1.69. The van der Waals surface area contributed by atoms with Crippen LogP contribution in [0.5, 0.6) is 0 Å². The zero-order valence-electron chi connectivity index (χ0n) is 10.5. The summed E-state index contributed by atoms with van der Waals surface area (Å²) in [5.74, 6) is 0.171. The molecule has 0 spiro atoms. The van der Waals surface area contributed by atoms with E-state index in [1.807, 2.05) is 12.1 Å². The lowest BCUT2D eigenvalue weighted by Crippen LogP contribution is -2.19. The predicted octanol–water partition coefficient (Wildman–Crippen LogP) is 3.33. The predicted molar refractivity (Wildman–Crippen MR) is 77.3 cm³/mol. The van der Waals surface area contributed by atoms with E-state index < -0.39 is 4.92 Å². The van der Waals surface area contributed by atoms with Gasteiger partial charge in [0.2, 0.25) is 11.0 Å². The van der Waals surface area contributed by atoms with E-state index in [0.29, 0.717) is 11.6 Å². The van der Waals surface area contributed by atoms with Crippen molar-refractivity contribution < 1.29 is 4.92 Å². The molecule has 2 aromatic rings. The van der Waals surface area contributed by atoms with E-state index >= 15 is 0 Å². The minimum atomic E-state index is -0.587. The first-order valence-corrected chi connectivity index (χ1v) is 6.35. The summed E-state index contributed by atoms with van der Waals surface area (Å²) in [4.78, 5) is 19.7. The van der Waals surface area contributed by atoms with Crippen LogP contribution < -0.4 is 4.90 Å². The number of rotatable bonds is 4. The summed E-state index contributed by atoms with van der Waals surface area (Å²) in [6.45, 7) is 0.436. The van der Waals surface area contributed by atoms with Crippen molar-refractivity contribution in [1.29, 1.82) is 0 Å². The molecule has 0 N–H and O–H groups in total. The van der Waals surface area contributed by atoms with Crippen LogP contribution in [0.15, 0.2) is 30.6 Å². The van der Waals surface area contributed by atoms with E-state index in [0.717, 1.165) is 5.56 Å². The highest BCUT2D eigenvalue weighted by atomic mass is 35.5. The van der Waals surface area contributed by atoms with Gasteiger partial charge in [-0.05, 0) is 17.7 Å². The Morgan fingerprint density at radius 2 is 1.90 bits per heavy atom. The summed E-state index contributed by atoms with van der Waals surface area (Å²) in [6.07, 6.45) is 1.20. The molecule has 0 aliphatic carbocycles. The second kappa shape index (κ2) is 6.02. The smallest absolute Gasteiger partial charge is 0.348 e. The van der Waals surface area contributed by atoms with Crippen LogP contribution in [0.1, 0.15) is 5.56 Å². The van der Waals surface area contributed by atoms with Crippen molar-refractivity contribution in [3.05, 3.63) is 56.4 Å². The van der Waals surface area contributed by atoms with Crippen LogP contribution in [-0.2, 0) is 6.54 Å². The number of benzene rings is 1. The first-order chi connectivity index (χ1) is 9.49. The molecule has 8 heteroatoms. The van der Waals surface area contributed by atoms with E-state index in [4.69, 9.17) is 23.2 Å². The van der Waals surface area contributed by atoms with E-state index in [1.54, 1.807) is 24.1 Å². The van der Waals surface area contributed by atoms with Gasteiger partial charge in [0.05, 0.1) is 4.92 Å². The van der Waals surface area contributed by atoms with Crippen molar-refractivity contribution in [2.24, 2.45) is 0 Å². The molecule has 0 aliphatic rings. The van der Waals surface area contributed by atoms with Crippen molar-refractivity contribution in [2.45, 2.75) is 6.54 Å². The molecular weight excluding hydrogens is 303 g/mol. The normalized spacial score (nSPS) is 10.3. The maximum atomic E-state index is 11.0. The molecule has 6 nitrogen and oxygen atoms in total. The van der Waals surface area contributed by atoms with Gasteiger partial charge in [-0.1, -0.05) is 35.3 Å². The average molecular weight is 313 g/mol. The molecule has 0 unspecified atom stereocenters. The molecule has 0 amide bonds. The summed E-state index contributed by atoms with van der Waals surface area (Å²) in [6, 6.07) is 7.19. The molecule has 0 aliphatic heterocycles. The summed E-state index contributed by atoms with van der Waals surface area (Å²) >= 11 is 11.6. The molecule has 1 heterocycles. The zero-order chi connectivity index (χ0) is 14.7. The fraction of sp³-hybridized carbons (Fsp3) is 0.167. The number of hydrogen-bond acceptors (Lipinski definition) is 5. The number of halogens is 2. The Morgan fingerprint density at radius 3 is 2.50 bits per heavy atom. The van der Waals surface area contributed by atoms with E-state index in [-0.39, 0.29) is 16.7 Å². The van der Waals surface area contributed by atoms with Crippen LogP contribution >= 0.6 is 23.2 Å². The van der Waals surface area contributed by atoms with Gasteiger partial charge in [0, 0.05) is 18.6 Å². The summed E-state index contributed by atoms with van der Waals surface area (Å²) in [5, 5.41) is 11.5. The summed E-state index contributed by atoms with van der Waals surface area (Å²) in [5.41, 5.74) is 0.645. The highest BCUT2D eigenvalue weighted by Crippen LogP contribution is 2.31. The molecule has 0 fully saturated rings. The van der Waals surface area contributed by atoms with Crippen LogP contribution in [0.2, 0.25) is 10.2 Å². The lowest BCUT2D eigenvalue weighted by Gasteiger charge is -2.18. The lowest BCUT2D eigenvalue weighted by atomic mass is 10.2. The van der Waals surface area contributed by atoms with Gasteiger partial charge in [-0.2, -0.15) is 0 Å². The number of aromatic nitrogens is 2. The maximum Gasteiger partial charge on any atom is 0.348 e. The van der Waals surface area contributed by atoms with Gasteiger partial charge in [-0.25, -0.2) is 9.97 Å². The van der Waals surface area contributed by atoms with Crippen LogP contribution in [0, 0.1) is 10.1 Å². The van der Waals surface area contributed by atoms with Crippen molar-refractivity contribution in [3.8, 4) is 0 Å². The molecule has 2 rings (SSSR count). The molecule has 1 aromatic carbocycles. The van der Waals surface area contributed by atoms with Crippen molar-refractivity contribution in [1.82, 2.24) is 9.97 Å². The highest BCUT2D eigenvalue weighted by molar-refractivity contribution is 6.31. The fourth-order valence-electron chi connectivity index (χ4n) is 1.72. The Labute approximate surface area is 125 Å². The Bertz CT molecular complexity index is 634. The fourth-order valence-corrected chi connectivity index (χ4v) is 2.05. The molecule has 104 valence electrons. The third kappa shape index (κ3) is 3.15. The summed E-state index contributed by atoms with van der Waals surface area (Å²) < 4.78 is 0. The molecule has 0 saturated carbocycles. The second-order valence-corrected chi connectivity index (χ2v) is 4.87. The monoisotopic (exact) mass is 312 g/mol. The Hall–Kier alpha value is -1.92. The minimum absolute atomic E-state index is 0.171. The molecular formula is C12H10Cl2N4O2. The van der Waals surface area contributed by atoms with E-state index in [1.165, 1.54) is 6.33 Å². The van der Waals surface area contributed by atoms with Crippen molar-refractivity contribution in [3.63, 3.8) is 0 Å². The minimum Gasteiger partial charge on any atom is -0.349 e. The van der Waals surface area contributed by atoms with Crippen molar-refractivity contribution >= 4 is 34.7 Å². The molecule has 0 saturated heterocycles. The Balaban J connectivity index is 2.29. The lowest BCUT2D eigenvalue weighted by molar-refractivity contribution is -0.384. The standard InChI is InChI=1S/C12H10Cl2N4O2/c1-17(6-8-2-4-9(13)5-3-8)12-10(18(19)20)11(14)15-7-16-12/h2-5,7H,6H2,1H3. The molecule has 0 radical (unpaired) electrons. The van der Waals surface area contributed by atoms with Crippen LogP contribution in [0.4, 0.5) is 11.5 Å². The molecule has 0 atom stereocenters. The average Bonchev–Trinajstić information content (AvgIpc) is 2.40. The Kier molecular flexibility index (Phi) is 4.36. The zero-order valence-corrected chi connectivity index (χ0v) is 12.0. The van der Waals surface area contributed by atoms with Gasteiger partial charge >= 0.3 is 5.69 Å². The van der Waals surface area contributed by atoms with Gasteiger partial charge in [0.25, 0.3) is 0 Å². The Morgan fingerprint density at radius 1 is 1.25 bits per heavy atom. The SMILES string of the molecule is CN(Cc1ccc(Cl)cc1)c1ncnc(Cl)c1[N+](=O)[O-]. The van der Waals surface area contributed by atoms with Crippen molar-refractivity contribution in [2.75, 3.05) is 11.9 Å². The third-order valence-electron chi connectivity index (χ3n) is 2.64. The molecule has 1 aromatic heterocycles. The maximum absolute atomic E-state index is 11.0. The largest absolute Gasteiger partial charge is 0.349 e. The van der Waals surface area contributed by atoms with Gasteiger partial charge < -0.3 is 4.90 Å². The van der Waals surface area contributed by atoms with E-state index in [2.05, 4.69) is 9.97 Å². The molecule has 20 heavy (non-hydrogen) atoms. The van der Waals surface area contributed by atoms with Gasteiger partial charge in [0.15, 0.2) is 0 Å². The van der Waals surface area contributed by atoms with Crippen LogP contribution in [0.3, 0.4) is 0 Å². The first kappa shape index (κ1) is 14.5. The number of hydrogen-bond donors (Lipinski definition) is 0. The van der Waals surface area contributed by atoms with Gasteiger partial charge in [0.1, 0.15) is 6.33 Å². The second-order valence-electron chi connectivity index (χ2n) is 4.08. The highest BCUT2D eigenvalue weighted by Gasteiger charge is 2.24. The number of anilines is 1. The topological polar surface area (TPSA) is 72.2 Å². The number of nitrogens with zero attached hydrogens (tertiary/aromatic N) is 4. The number of nitro groups is 1. The van der Waals surface area contributed by atoms with Gasteiger partial charge in [-0.3, -0.25) is 10.1 Å². The first-order valence-electron chi connectivity index (χ1n) is 5.59. The van der Waals surface area contributed by atoms with Crippen LogP contribution in [-0.4, -0.2) is 21.9 Å². The molecule has 0 bridgehead atoms.